The largest absolute Gasteiger partial charge is 0.493 e. The molecule has 0 spiro atoms. The Labute approximate surface area is 239 Å². The molecule has 0 N–H and O–H groups in total. The predicted octanol–water partition coefficient (Wildman–Crippen LogP) is 7.79. The molecule has 0 aliphatic heterocycles. The molecule has 0 amide bonds. The number of ether oxygens (including phenoxy) is 2. The van der Waals surface area contributed by atoms with Gasteiger partial charge >= 0.3 is 0 Å². The van der Waals surface area contributed by atoms with Gasteiger partial charge in [-0.25, -0.2) is 4.98 Å². The molecule has 9 heteroatoms. The Hall–Kier alpha value is -3.13. The van der Waals surface area contributed by atoms with Gasteiger partial charge in [0, 0.05) is 31.6 Å². The van der Waals surface area contributed by atoms with Crippen molar-refractivity contribution in [3.05, 3.63) is 109 Å². The maximum atomic E-state index is 13.4. The van der Waals surface area contributed by atoms with Crippen molar-refractivity contribution in [1.82, 2.24) is 9.66 Å². The monoisotopic (exact) mass is 613 g/mol. The topological polar surface area (TPSA) is 65.7 Å². The molecule has 6 nitrogen and oxygen atoms in total. The van der Waals surface area contributed by atoms with E-state index in [9.17, 15) is 4.79 Å². The molecule has 0 radical (unpaired) electrons. The summed E-state index contributed by atoms with van der Waals surface area (Å²) < 4.78 is 14.0. The van der Waals surface area contributed by atoms with Gasteiger partial charge in [0.25, 0.3) is 5.56 Å². The van der Waals surface area contributed by atoms with Gasteiger partial charge in [-0.1, -0.05) is 65.1 Å². The first-order valence-electron chi connectivity index (χ1n) is 11.9. The van der Waals surface area contributed by atoms with Gasteiger partial charge in [-0.2, -0.15) is 9.78 Å². The Morgan fingerprint density at radius 1 is 1.13 bits per heavy atom. The lowest BCUT2D eigenvalue weighted by atomic mass is 10.1. The minimum Gasteiger partial charge on any atom is -0.493 e. The van der Waals surface area contributed by atoms with Gasteiger partial charge in [-0.15, -0.1) is 6.58 Å². The number of halogens is 3. The van der Waals surface area contributed by atoms with Crippen LogP contribution in [-0.2, 0) is 13.0 Å². The van der Waals surface area contributed by atoms with Crippen LogP contribution in [0.4, 0.5) is 0 Å². The molecule has 4 rings (SSSR count). The lowest BCUT2D eigenvalue weighted by molar-refractivity contribution is 0.282. The number of nitrogens with zero attached hydrogens (tertiary/aromatic N) is 3. The van der Waals surface area contributed by atoms with Gasteiger partial charge < -0.3 is 9.47 Å². The summed E-state index contributed by atoms with van der Waals surface area (Å²) in [5.41, 5.74) is 2.76. The van der Waals surface area contributed by atoms with E-state index < -0.39 is 0 Å². The average molecular weight is 615 g/mol. The second-order valence-corrected chi connectivity index (χ2v) is 10.6. The molecule has 0 aliphatic carbocycles. The van der Waals surface area contributed by atoms with E-state index in [1.807, 2.05) is 38.1 Å². The third-order valence-corrected chi connectivity index (χ3v) is 6.88. The van der Waals surface area contributed by atoms with Crippen LogP contribution in [0.3, 0.4) is 0 Å². The van der Waals surface area contributed by atoms with Crippen molar-refractivity contribution in [2.45, 2.75) is 32.8 Å². The van der Waals surface area contributed by atoms with E-state index in [0.717, 1.165) is 21.2 Å². The highest BCUT2D eigenvalue weighted by Gasteiger charge is 2.16. The molecule has 0 saturated heterocycles. The summed E-state index contributed by atoms with van der Waals surface area (Å²) in [6.45, 7) is 8.05. The third kappa shape index (κ3) is 6.12. The van der Waals surface area contributed by atoms with Crippen LogP contribution in [0.5, 0.6) is 11.5 Å². The standard InChI is InChI=1S/C29H26BrCl2N3O3/c1-5-6-19-11-18(12-26(37-4)27(19)38-16-20-7-9-22(31)14-24(20)32)15-33-35-28(17(2)3)34-25-10-8-21(30)13-23(25)29(35)36/h5,7-15,17H,1,6,16H2,2-4H3. The van der Waals surface area contributed by atoms with Crippen LogP contribution >= 0.6 is 39.1 Å². The van der Waals surface area contributed by atoms with Crippen LogP contribution in [0.2, 0.25) is 10.0 Å². The van der Waals surface area contributed by atoms with Crippen LogP contribution in [0.25, 0.3) is 10.9 Å². The quantitative estimate of drug-likeness (QED) is 0.143. The van der Waals surface area contributed by atoms with Gasteiger partial charge in [-0.05, 0) is 54.4 Å². The fourth-order valence-corrected chi connectivity index (χ4v) is 4.77. The van der Waals surface area contributed by atoms with Gasteiger partial charge in [0.05, 0.1) is 24.2 Å². The molecular weight excluding hydrogens is 589 g/mol. The number of hydrogen-bond acceptors (Lipinski definition) is 5. The van der Waals surface area contributed by atoms with Crippen LogP contribution in [-0.4, -0.2) is 23.0 Å². The maximum absolute atomic E-state index is 13.4. The number of hydrogen-bond donors (Lipinski definition) is 0. The van der Waals surface area contributed by atoms with Crippen molar-refractivity contribution >= 4 is 56.2 Å². The Balaban J connectivity index is 1.74. The molecular formula is C29H26BrCl2N3O3. The van der Waals surface area contributed by atoms with E-state index in [1.165, 1.54) is 4.68 Å². The molecule has 3 aromatic carbocycles. The molecule has 0 bridgehead atoms. The Morgan fingerprint density at radius 2 is 1.92 bits per heavy atom. The first kappa shape index (κ1) is 27.9. The maximum Gasteiger partial charge on any atom is 0.282 e. The highest BCUT2D eigenvalue weighted by Crippen LogP contribution is 2.34. The smallest absolute Gasteiger partial charge is 0.282 e. The summed E-state index contributed by atoms with van der Waals surface area (Å²) in [5.74, 6) is 1.65. The van der Waals surface area contributed by atoms with E-state index in [0.29, 0.717) is 44.7 Å². The van der Waals surface area contributed by atoms with E-state index >= 15 is 0 Å². The lowest BCUT2D eigenvalue weighted by Crippen LogP contribution is -2.23. The number of benzene rings is 3. The molecule has 1 aromatic heterocycles. The van der Waals surface area contributed by atoms with Crippen LogP contribution in [0, 0.1) is 0 Å². The minimum atomic E-state index is -0.241. The Bertz CT molecular complexity index is 1600. The highest BCUT2D eigenvalue weighted by atomic mass is 79.9. The fourth-order valence-electron chi connectivity index (χ4n) is 3.94. The molecule has 1 heterocycles. The summed E-state index contributed by atoms with van der Waals surface area (Å²) in [6.07, 6.45) is 3.93. The molecule has 0 saturated carbocycles. The molecule has 38 heavy (non-hydrogen) atoms. The van der Waals surface area contributed by atoms with Crippen molar-refractivity contribution in [2.75, 3.05) is 7.11 Å². The summed E-state index contributed by atoms with van der Waals surface area (Å²) in [7, 11) is 1.57. The summed E-state index contributed by atoms with van der Waals surface area (Å²) in [4.78, 5) is 18.1. The van der Waals surface area contributed by atoms with Crippen LogP contribution in [0.1, 0.15) is 42.3 Å². The number of fused-ring (bicyclic) bond motifs is 1. The number of aromatic nitrogens is 2. The first-order chi connectivity index (χ1) is 18.2. The second-order valence-electron chi connectivity index (χ2n) is 8.88. The zero-order chi connectivity index (χ0) is 27.4. The van der Waals surface area contributed by atoms with Crippen molar-refractivity contribution < 1.29 is 9.47 Å². The van der Waals surface area contributed by atoms with Crippen molar-refractivity contribution in [3.8, 4) is 11.5 Å². The number of rotatable bonds is 9. The highest BCUT2D eigenvalue weighted by molar-refractivity contribution is 9.10. The Kier molecular flexibility index (Phi) is 8.92. The zero-order valence-corrected chi connectivity index (χ0v) is 24.3. The predicted molar refractivity (Wildman–Crippen MR) is 158 cm³/mol. The average Bonchev–Trinajstić information content (AvgIpc) is 2.88. The van der Waals surface area contributed by atoms with E-state index in [1.54, 1.807) is 43.7 Å². The number of methoxy groups -OCH3 is 1. The Morgan fingerprint density at radius 3 is 2.61 bits per heavy atom. The summed E-state index contributed by atoms with van der Waals surface area (Å²) in [6, 6.07) is 14.4. The third-order valence-electron chi connectivity index (χ3n) is 5.80. The molecule has 196 valence electrons. The SMILES string of the molecule is C=CCc1cc(C=Nn2c(C(C)C)nc3ccc(Br)cc3c2=O)cc(OC)c1OCc1ccc(Cl)cc1Cl. The van der Waals surface area contributed by atoms with Crippen molar-refractivity contribution in [2.24, 2.45) is 5.10 Å². The van der Waals surface area contributed by atoms with Gasteiger partial charge in [0.1, 0.15) is 12.4 Å². The van der Waals surface area contributed by atoms with Crippen LogP contribution in [0.15, 0.2) is 75.6 Å². The fraction of sp³-hybridized carbons (Fsp3) is 0.207. The van der Waals surface area contributed by atoms with Crippen molar-refractivity contribution in [3.63, 3.8) is 0 Å². The molecule has 0 aliphatic rings. The first-order valence-corrected chi connectivity index (χ1v) is 13.4. The van der Waals surface area contributed by atoms with Crippen LogP contribution < -0.4 is 15.0 Å². The van der Waals surface area contributed by atoms with Crippen molar-refractivity contribution in [1.29, 1.82) is 0 Å². The van der Waals surface area contributed by atoms with Gasteiger partial charge in [0.15, 0.2) is 11.5 Å². The zero-order valence-electron chi connectivity index (χ0n) is 21.2. The molecule has 4 aromatic rings. The van der Waals surface area contributed by atoms with Gasteiger partial charge in [-0.3, -0.25) is 4.79 Å². The summed E-state index contributed by atoms with van der Waals surface area (Å²) >= 11 is 15.8. The van der Waals surface area contributed by atoms with E-state index in [-0.39, 0.29) is 18.1 Å². The lowest BCUT2D eigenvalue weighted by Gasteiger charge is -2.16. The van der Waals surface area contributed by atoms with Gasteiger partial charge in [0.2, 0.25) is 0 Å². The second kappa shape index (κ2) is 12.2. The molecule has 0 fully saturated rings. The minimum absolute atomic E-state index is 0.0192. The van der Waals surface area contributed by atoms with E-state index in [4.69, 9.17) is 37.7 Å². The molecule has 0 unspecified atom stereocenters. The normalized spacial score (nSPS) is 11.4. The number of allylic oxidation sites excluding steroid dienone is 1. The molecule has 0 atom stereocenters. The summed E-state index contributed by atoms with van der Waals surface area (Å²) in [5, 5.41) is 6.11. The van der Waals surface area contributed by atoms with E-state index in [2.05, 4.69) is 27.6 Å².